The van der Waals surface area contributed by atoms with Gasteiger partial charge in [0.25, 0.3) is 0 Å². The first-order chi connectivity index (χ1) is 11.9. The van der Waals surface area contributed by atoms with Gasteiger partial charge in [0.1, 0.15) is 0 Å². The number of fused-ring (bicyclic) bond motifs is 1. The minimum atomic E-state index is -0.354. The molecule has 1 fully saturated rings. The molecular weight excluding hydrogens is 309 g/mol. The van der Waals surface area contributed by atoms with E-state index >= 15 is 0 Å². The van der Waals surface area contributed by atoms with Gasteiger partial charge in [0.05, 0.1) is 16.7 Å². The van der Waals surface area contributed by atoms with E-state index in [2.05, 4.69) is 81.2 Å². The molecule has 0 aliphatic carbocycles. The molecule has 0 radical (unpaired) electrons. The number of nitrogens with zero attached hydrogens (tertiary/aromatic N) is 1. The monoisotopic (exact) mass is 331 g/mol. The molecule has 0 bridgehead atoms. The van der Waals surface area contributed by atoms with E-state index in [4.69, 9.17) is 9.31 Å². The predicted molar refractivity (Wildman–Crippen MR) is 103 cm³/mol. The molecule has 2 aromatic carbocycles. The smallest absolute Gasteiger partial charge is 0.399 e. The van der Waals surface area contributed by atoms with Gasteiger partial charge in [0.2, 0.25) is 0 Å². The molecule has 4 heteroatoms. The van der Waals surface area contributed by atoms with Crippen LogP contribution in [0.15, 0.2) is 60.8 Å². The van der Waals surface area contributed by atoms with Crippen molar-refractivity contribution in [1.29, 1.82) is 0 Å². The molecular formula is C21H22BNO2. The highest BCUT2D eigenvalue weighted by Gasteiger charge is 2.51. The van der Waals surface area contributed by atoms with Crippen LogP contribution in [0, 0.1) is 0 Å². The zero-order valence-electron chi connectivity index (χ0n) is 15.1. The third-order valence-electron chi connectivity index (χ3n) is 5.36. The summed E-state index contributed by atoms with van der Waals surface area (Å²) in [6.45, 7) is 8.30. The molecule has 0 spiro atoms. The first-order valence-electron chi connectivity index (χ1n) is 8.67. The van der Waals surface area contributed by atoms with Crippen LogP contribution in [0.3, 0.4) is 0 Å². The lowest BCUT2D eigenvalue weighted by atomic mass is 9.78. The second kappa shape index (κ2) is 5.68. The van der Waals surface area contributed by atoms with Gasteiger partial charge < -0.3 is 9.31 Å². The van der Waals surface area contributed by atoms with E-state index in [9.17, 15) is 0 Å². The Morgan fingerprint density at radius 1 is 0.840 bits per heavy atom. The second-order valence-corrected chi connectivity index (χ2v) is 7.59. The Bertz CT molecular complexity index is 915. The average Bonchev–Trinajstić information content (AvgIpc) is 2.82. The lowest BCUT2D eigenvalue weighted by molar-refractivity contribution is 0.00578. The van der Waals surface area contributed by atoms with Crippen molar-refractivity contribution in [3.8, 4) is 11.1 Å². The number of pyridine rings is 1. The standard InChI is InChI=1S/C21H22BNO2/c1-20(2)21(3,4)25-22(24-20)17-11-5-9-16(14-17)18-12-6-8-15-10-7-13-23-19(15)18/h5-14H,1-4H3. The van der Waals surface area contributed by atoms with Gasteiger partial charge in [0, 0.05) is 17.1 Å². The quantitative estimate of drug-likeness (QED) is 0.660. The molecule has 0 N–H and O–H groups in total. The zero-order chi connectivity index (χ0) is 17.7. The number of benzene rings is 2. The van der Waals surface area contributed by atoms with Gasteiger partial charge in [-0.25, -0.2) is 0 Å². The van der Waals surface area contributed by atoms with E-state index in [-0.39, 0.29) is 18.3 Å². The predicted octanol–water partition coefficient (Wildman–Crippen LogP) is 4.20. The lowest BCUT2D eigenvalue weighted by Gasteiger charge is -2.32. The summed E-state index contributed by atoms with van der Waals surface area (Å²) in [5, 5.41) is 1.14. The van der Waals surface area contributed by atoms with Crippen LogP contribution in [0.2, 0.25) is 0 Å². The van der Waals surface area contributed by atoms with Gasteiger partial charge in [0.15, 0.2) is 0 Å². The summed E-state index contributed by atoms with van der Waals surface area (Å²) in [5.41, 5.74) is 3.61. The van der Waals surface area contributed by atoms with Crippen molar-refractivity contribution < 1.29 is 9.31 Å². The third-order valence-corrected chi connectivity index (χ3v) is 5.36. The Balaban J connectivity index is 1.76. The number of hydrogen-bond acceptors (Lipinski definition) is 3. The Labute approximate surface area is 149 Å². The SMILES string of the molecule is CC1(C)OB(c2cccc(-c3cccc4cccnc34)c2)OC1(C)C. The van der Waals surface area contributed by atoms with Crippen LogP contribution in [0.4, 0.5) is 0 Å². The summed E-state index contributed by atoms with van der Waals surface area (Å²) in [5.74, 6) is 0. The molecule has 3 nitrogen and oxygen atoms in total. The van der Waals surface area contributed by atoms with Gasteiger partial charge in [-0.3, -0.25) is 4.98 Å². The van der Waals surface area contributed by atoms with E-state index in [1.54, 1.807) is 0 Å². The molecule has 3 aromatic rings. The molecule has 1 aliphatic rings. The molecule has 0 atom stereocenters. The van der Waals surface area contributed by atoms with Gasteiger partial charge in [-0.2, -0.15) is 0 Å². The summed E-state index contributed by atoms with van der Waals surface area (Å²) >= 11 is 0. The number of hydrogen-bond donors (Lipinski definition) is 0. The van der Waals surface area contributed by atoms with Gasteiger partial charge in [-0.15, -0.1) is 0 Å². The number of aromatic nitrogens is 1. The molecule has 126 valence electrons. The largest absolute Gasteiger partial charge is 0.494 e. The van der Waals surface area contributed by atoms with Crippen molar-refractivity contribution in [2.24, 2.45) is 0 Å². The van der Waals surface area contributed by atoms with Crippen LogP contribution in [0.5, 0.6) is 0 Å². The molecule has 4 rings (SSSR count). The maximum absolute atomic E-state index is 6.19. The minimum absolute atomic E-state index is 0.339. The number of rotatable bonds is 2. The Morgan fingerprint density at radius 2 is 1.52 bits per heavy atom. The normalized spacial score (nSPS) is 18.6. The fourth-order valence-electron chi connectivity index (χ4n) is 3.17. The van der Waals surface area contributed by atoms with Crippen molar-refractivity contribution in [3.63, 3.8) is 0 Å². The maximum atomic E-state index is 6.19. The summed E-state index contributed by atoms with van der Waals surface area (Å²) in [6.07, 6.45) is 1.84. The molecule has 1 aromatic heterocycles. The molecule has 1 saturated heterocycles. The summed E-state index contributed by atoms with van der Waals surface area (Å²) in [7, 11) is -0.354. The summed E-state index contributed by atoms with van der Waals surface area (Å²) in [4.78, 5) is 4.57. The van der Waals surface area contributed by atoms with Gasteiger partial charge >= 0.3 is 7.12 Å². The van der Waals surface area contributed by atoms with Crippen LogP contribution in [-0.4, -0.2) is 23.3 Å². The summed E-state index contributed by atoms with van der Waals surface area (Å²) < 4.78 is 12.4. The molecule has 0 unspecified atom stereocenters. The maximum Gasteiger partial charge on any atom is 0.494 e. The highest BCUT2D eigenvalue weighted by atomic mass is 16.7. The Hall–Kier alpha value is -2.17. The fourth-order valence-corrected chi connectivity index (χ4v) is 3.17. The van der Waals surface area contributed by atoms with E-state index < -0.39 is 0 Å². The molecule has 0 amide bonds. The van der Waals surface area contributed by atoms with Crippen molar-refractivity contribution in [2.45, 2.75) is 38.9 Å². The summed E-state index contributed by atoms with van der Waals surface area (Å²) in [6, 6.07) is 18.7. The van der Waals surface area contributed by atoms with Crippen LogP contribution in [0.25, 0.3) is 22.0 Å². The zero-order valence-corrected chi connectivity index (χ0v) is 15.1. The lowest BCUT2D eigenvalue weighted by Crippen LogP contribution is -2.41. The van der Waals surface area contributed by atoms with Crippen molar-refractivity contribution >= 4 is 23.5 Å². The first kappa shape index (κ1) is 16.3. The van der Waals surface area contributed by atoms with Crippen molar-refractivity contribution in [3.05, 3.63) is 60.8 Å². The van der Waals surface area contributed by atoms with Crippen molar-refractivity contribution in [1.82, 2.24) is 4.98 Å². The molecule has 25 heavy (non-hydrogen) atoms. The third kappa shape index (κ3) is 2.76. The Morgan fingerprint density at radius 3 is 2.28 bits per heavy atom. The molecule has 0 saturated carbocycles. The van der Waals surface area contributed by atoms with Gasteiger partial charge in [-0.05, 0) is 44.8 Å². The number of para-hydroxylation sites is 1. The first-order valence-corrected chi connectivity index (χ1v) is 8.67. The van der Waals surface area contributed by atoms with E-state index in [1.807, 2.05) is 12.3 Å². The highest BCUT2D eigenvalue weighted by molar-refractivity contribution is 6.62. The molecule has 2 heterocycles. The van der Waals surface area contributed by atoms with Crippen molar-refractivity contribution in [2.75, 3.05) is 0 Å². The second-order valence-electron chi connectivity index (χ2n) is 7.59. The fraction of sp³-hybridized carbons (Fsp3) is 0.286. The van der Waals surface area contributed by atoms with Crippen LogP contribution < -0.4 is 5.46 Å². The van der Waals surface area contributed by atoms with Crippen LogP contribution in [0.1, 0.15) is 27.7 Å². The molecule has 1 aliphatic heterocycles. The van der Waals surface area contributed by atoms with Crippen LogP contribution >= 0.6 is 0 Å². The Kier molecular flexibility index (Phi) is 3.71. The van der Waals surface area contributed by atoms with E-state index in [1.165, 1.54) is 0 Å². The van der Waals surface area contributed by atoms with Crippen LogP contribution in [-0.2, 0) is 9.31 Å². The minimum Gasteiger partial charge on any atom is -0.399 e. The van der Waals surface area contributed by atoms with E-state index in [0.29, 0.717) is 0 Å². The van der Waals surface area contributed by atoms with Gasteiger partial charge in [-0.1, -0.05) is 48.5 Å². The van der Waals surface area contributed by atoms with E-state index in [0.717, 1.165) is 27.5 Å². The average molecular weight is 331 g/mol. The topological polar surface area (TPSA) is 31.4 Å². The highest BCUT2D eigenvalue weighted by Crippen LogP contribution is 2.36.